The number of morpholine rings is 1. The Morgan fingerprint density at radius 2 is 2.24 bits per heavy atom. The molecular weight excluding hydrogens is 332 g/mol. The molecule has 21 heavy (non-hydrogen) atoms. The quantitative estimate of drug-likeness (QED) is 0.846. The lowest BCUT2D eigenvalue weighted by Crippen LogP contribution is -2.51. The van der Waals surface area contributed by atoms with Crippen molar-refractivity contribution < 1.29 is 4.74 Å². The van der Waals surface area contributed by atoms with Gasteiger partial charge in [-0.25, -0.2) is 0 Å². The summed E-state index contributed by atoms with van der Waals surface area (Å²) in [6.07, 6.45) is 0. The van der Waals surface area contributed by atoms with Crippen LogP contribution in [-0.2, 0) is 17.8 Å². The second kappa shape index (κ2) is 7.72. The first kappa shape index (κ1) is 16.9. The summed E-state index contributed by atoms with van der Waals surface area (Å²) < 4.78 is 8.90. The number of rotatable bonds is 6. The van der Waals surface area contributed by atoms with Gasteiger partial charge >= 0.3 is 0 Å². The van der Waals surface area contributed by atoms with Gasteiger partial charge in [-0.1, -0.05) is 13.8 Å². The second-order valence-electron chi connectivity index (χ2n) is 5.92. The van der Waals surface area contributed by atoms with Crippen molar-refractivity contribution in [1.82, 2.24) is 20.0 Å². The Bertz CT molecular complexity index is 461. The lowest BCUT2D eigenvalue weighted by atomic mass is 10.2. The van der Waals surface area contributed by atoms with Gasteiger partial charge in [0.25, 0.3) is 0 Å². The standard InChI is InChI=1S/C15H27BrN4O/c1-5-20-14(15(16)12(4)18-20)9-19-6-7-21-10-13(19)8-17-11(2)3/h11,13,17H,5-10H2,1-4H3. The minimum Gasteiger partial charge on any atom is -0.378 e. The number of nitrogens with zero attached hydrogens (tertiary/aromatic N) is 3. The van der Waals surface area contributed by atoms with Gasteiger partial charge in [-0.2, -0.15) is 5.10 Å². The van der Waals surface area contributed by atoms with Crippen LogP contribution in [0.1, 0.15) is 32.2 Å². The summed E-state index contributed by atoms with van der Waals surface area (Å²) in [5.74, 6) is 0. The predicted octanol–water partition coefficient (Wildman–Crippen LogP) is 2.17. The molecule has 1 unspecified atom stereocenters. The van der Waals surface area contributed by atoms with E-state index in [0.29, 0.717) is 12.1 Å². The van der Waals surface area contributed by atoms with Gasteiger partial charge in [0.15, 0.2) is 0 Å². The van der Waals surface area contributed by atoms with Crippen molar-refractivity contribution in [3.05, 3.63) is 15.9 Å². The van der Waals surface area contributed by atoms with Crippen molar-refractivity contribution in [2.24, 2.45) is 0 Å². The molecule has 1 N–H and O–H groups in total. The summed E-state index contributed by atoms with van der Waals surface area (Å²) in [4.78, 5) is 2.51. The van der Waals surface area contributed by atoms with Crippen molar-refractivity contribution in [3.63, 3.8) is 0 Å². The average Bonchev–Trinajstić information content (AvgIpc) is 2.74. The number of aryl methyl sites for hydroxylation is 2. The van der Waals surface area contributed by atoms with E-state index in [-0.39, 0.29) is 0 Å². The molecule has 6 heteroatoms. The van der Waals surface area contributed by atoms with E-state index in [9.17, 15) is 0 Å². The highest BCUT2D eigenvalue weighted by atomic mass is 79.9. The van der Waals surface area contributed by atoms with Gasteiger partial charge in [-0.05, 0) is 29.8 Å². The molecule has 1 saturated heterocycles. The average molecular weight is 359 g/mol. The van der Waals surface area contributed by atoms with Gasteiger partial charge in [0.05, 0.1) is 29.1 Å². The van der Waals surface area contributed by atoms with E-state index in [1.807, 2.05) is 0 Å². The van der Waals surface area contributed by atoms with Crippen molar-refractivity contribution >= 4 is 15.9 Å². The predicted molar refractivity (Wildman–Crippen MR) is 88.5 cm³/mol. The normalized spacial score (nSPS) is 20.4. The van der Waals surface area contributed by atoms with E-state index in [0.717, 1.165) is 49.6 Å². The summed E-state index contributed by atoms with van der Waals surface area (Å²) in [7, 11) is 0. The molecule has 1 fully saturated rings. The molecule has 1 aliphatic rings. The zero-order valence-corrected chi connectivity index (χ0v) is 15.1. The third-order valence-electron chi connectivity index (χ3n) is 3.92. The van der Waals surface area contributed by atoms with Crippen LogP contribution in [-0.4, -0.2) is 53.1 Å². The number of ether oxygens (including phenoxy) is 1. The number of nitrogens with one attached hydrogen (secondary N) is 1. The van der Waals surface area contributed by atoms with Crippen LogP contribution < -0.4 is 5.32 Å². The number of halogens is 1. The fourth-order valence-electron chi connectivity index (χ4n) is 2.67. The number of hydrogen-bond donors (Lipinski definition) is 1. The fourth-order valence-corrected chi connectivity index (χ4v) is 3.08. The summed E-state index contributed by atoms with van der Waals surface area (Å²) >= 11 is 3.69. The lowest BCUT2D eigenvalue weighted by molar-refractivity contribution is -0.0126. The van der Waals surface area contributed by atoms with E-state index in [2.05, 4.69) is 63.6 Å². The Balaban J connectivity index is 2.08. The third-order valence-corrected chi connectivity index (χ3v) is 4.95. The SMILES string of the molecule is CCn1nc(C)c(Br)c1CN1CCOCC1CNC(C)C. The number of hydrogen-bond acceptors (Lipinski definition) is 4. The summed E-state index contributed by atoms with van der Waals surface area (Å²) in [6, 6.07) is 0.928. The van der Waals surface area contributed by atoms with Crippen molar-refractivity contribution in [3.8, 4) is 0 Å². The highest BCUT2D eigenvalue weighted by Gasteiger charge is 2.25. The first-order chi connectivity index (χ1) is 10.0. The first-order valence-electron chi connectivity index (χ1n) is 7.79. The van der Waals surface area contributed by atoms with E-state index in [4.69, 9.17) is 4.74 Å². The smallest absolute Gasteiger partial charge is 0.0739 e. The van der Waals surface area contributed by atoms with E-state index < -0.39 is 0 Å². The van der Waals surface area contributed by atoms with Gasteiger partial charge in [0, 0.05) is 38.3 Å². The Labute approximate surface area is 136 Å². The maximum Gasteiger partial charge on any atom is 0.0739 e. The van der Waals surface area contributed by atoms with Gasteiger partial charge in [0.2, 0.25) is 0 Å². The van der Waals surface area contributed by atoms with Crippen LogP contribution in [0.3, 0.4) is 0 Å². The monoisotopic (exact) mass is 358 g/mol. The molecule has 0 saturated carbocycles. The van der Waals surface area contributed by atoms with E-state index in [1.165, 1.54) is 5.69 Å². The summed E-state index contributed by atoms with van der Waals surface area (Å²) in [5.41, 5.74) is 2.34. The van der Waals surface area contributed by atoms with Crippen LogP contribution in [0, 0.1) is 6.92 Å². The molecule has 1 aromatic rings. The second-order valence-corrected chi connectivity index (χ2v) is 6.72. The largest absolute Gasteiger partial charge is 0.378 e. The van der Waals surface area contributed by atoms with Gasteiger partial charge < -0.3 is 10.1 Å². The molecule has 0 aromatic carbocycles. The fraction of sp³-hybridized carbons (Fsp3) is 0.800. The molecule has 0 bridgehead atoms. The summed E-state index contributed by atoms with van der Waals surface area (Å²) in [6.45, 7) is 13.9. The van der Waals surface area contributed by atoms with E-state index in [1.54, 1.807) is 0 Å². The van der Waals surface area contributed by atoms with Crippen molar-refractivity contribution in [1.29, 1.82) is 0 Å². The van der Waals surface area contributed by atoms with Crippen LogP contribution >= 0.6 is 15.9 Å². The molecular formula is C15H27BrN4O. The zero-order valence-electron chi connectivity index (χ0n) is 13.5. The van der Waals surface area contributed by atoms with Crippen LogP contribution in [0.5, 0.6) is 0 Å². The van der Waals surface area contributed by atoms with E-state index >= 15 is 0 Å². The van der Waals surface area contributed by atoms with Gasteiger partial charge in [-0.15, -0.1) is 0 Å². The molecule has 2 rings (SSSR count). The van der Waals surface area contributed by atoms with Crippen LogP contribution in [0.2, 0.25) is 0 Å². The number of aromatic nitrogens is 2. The highest BCUT2D eigenvalue weighted by molar-refractivity contribution is 9.10. The first-order valence-corrected chi connectivity index (χ1v) is 8.59. The van der Waals surface area contributed by atoms with Gasteiger partial charge in [0.1, 0.15) is 0 Å². The molecule has 2 heterocycles. The lowest BCUT2D eigenvalue weighted by Gasteiger charge is -2.36. The Morgan fingerprint density at radius 1 is 1.48 bits per heavy atom. The van der Waals surface area contributed by atoms with Crippen molar-refractivity contribution in [2.75, 3.05) is 26.3 Å². The molecule has 0 amide bonds. The Morgan fingerprint density at radius 3 is 2.90 bits per heavy atom. The summed E-state index contributed by atoms with van der Waals surface area (Å²) in [5, 5.41) is 8.11. The maximum atomic E-state index is 5.66. The molecule has 0 radical (unpaired) electrons. The minimum atomic E-state index is 0.425. The zero-order chi connectivity index (χ0) is 15.4. The molecule has 1 aliphatic heterocycles. The Kier molecular flexibility index (Phi) is 6.22. The molecule has 1 aromatic heterocycles. The van der Waals surface area contributed by atoms with Crippen LogP contribution in [0.4, 0.5) is 0 Å². The molecule has 120 valence electrons. The molecule has 0 aliphatic carbocycles. The highest BCUT2D eigenvalue weighted by Crippen LogP contribution is 2.23. The Hall–Kier alpha value is -0.430. The third kappa shape index (κ3) is 4.28. The molecule has 1 atom stereocenters. The van der Waals surface area contributed by atoms with Gasteiger partial charge in [-0.3, -0.25) is 9.58 Å². The minimum absolute atomic E-state index is 0.425. The topological polar surface area (TPSA) is 42.3 Å². The maximum absolute atomic E-state index is 5.66. The molecule has 0 spiro atoms. The van der Waals surface area contributed by atoms with Crippen LogP contribution in [0.15, 0.2) is 4.47 Å². The van der Waals surface area contributed by atoms with Crippen molar-refractivity contribution in [2.45, 2.75) is 52.9 Å². The molecule has 5 nitrogen and oxygen atoms in total. The van der Waals surface area contributed by atoms with Crippen LogP contribution in [0.25, 0.3) is 0 Å².